The fourth-order valence-corrected chi connectivity index (χ4v) is 3.36. The zero-order valence-electron chi connectivity index (χ0n) is 10.4. The zero-order chi connectivity index (χ0) is 11.3. The molecule has 1 fully saturated rings. The summed E-state index contributed by atoms with van der Waals surface area (Å²) < 4.78 is 0.482. The summed E-state index contributed by atoms with van der Waals surface area (Å²) in [5, 5.41) is 3.60. The molecule has 90 valence electrons. The smallest absolute Gasteiger partial charge is 0.0256 e. The van der Waals surface area contributed by atoms with Crippen molar-refractivity contribution in [1.29, 1.82) is 0 Å². The average Bonchev–Trinajstić information content (AvgIpc) is 2.60. The second-order valence-corrected chi connectivity index (χ2v) is 6.96. The largest absolute Gasteiger partial charge is 0.330 e. The molecule has 0 spiro atoms. The topological polar surface area (TPSA) is 38.0 Å². The molecule has 0 aliphatic carbocycles. The second kappa shape index (κ2) is 6.12. The van der Waals surface area contributed by atoms with Crippen LogP contribution in [0.1, 0.15) is 33.6 Å². The molecule has 2 atom stereocenters. The molecule has 3 N–H and O–H groups in total. The number of hydrogen-bond acceptors (Lipinski definition) is 3. The van der Waals surface area contributed by atoms with Gasteiger partial charge in [-0.05, 0) is 50.4 Å². The summed E-state index contributed by atoms with van der Waals surface area (Å²) in [5.41, 5.74) is 5.76. The van der Waals surface area contributed by atoms with Gasteiger partial charge in [0, 0.05) is 11.3 Å². The van der Waals surface area contributed by atoms with Gasteiger partial charge in [0.05, 0.1) is 0 Å². The Morgan fingerprint density at radius 1 is 1.47 bits per heavy atom. The Kier molecular flexibility index (Phi) is 5.44. The van der Waals surface area contributed by atoms with Gasteiger partial charge in [0.1, 0.15) is 0 Å². The minimum absolute atomic E-state index is 0.482. The van der Waals surface area contributed by atoms with Crippen molar-refractivity contribution in [2.75, 3.05) is 25.4 Å². The predicted molar refractivity (Wildman–Crippen MR) is 70.3 cm³/mol. The molecule has 2 unspecified atom stereocenters. The molecule has 1 rings (SSSR count). The molecular formula is C12H26N2S. The molecule has 1 heterocycles. The molecule has 0 aromatic carbocycles. The van der Waals surface area contributed by atoms with Crippen molar-refractivity contribution in [3.05, 3.63) is 0 Å². The highest BCUT2D eigenvalue weighted by Gasteiger charge is 2.29. The lowest BCUT2D eigenvalue weighted by Gasteiger charge is -2.26. The highest BCUT2D eigenvalue weighted by Crippen LogP contribution is 2.36. The Labute approximate surface area is 98.8 Å². The lowest BCUT2D eigenvalue weighted by atomic mass is 9.95. The van der Waals surface area contributed by atoms with Crippen molar-refractivity contribution in [3.8, 4) is 0 Å². The van der Waals surface area contributed by atoms with Crippen molar-refractivity contribution in [2.45, 2.75) is 38.4 Å². The van der Waals surface area contributed by atoms with Gasteiger partial charge in [-0.25, -0.2) is 0 Å². The van der Waals surface area contributed by atoms with Crippen LogP contribution in [0.4, 0.5) is 0 Å². The van der Waals surface area contributed by atoms with Crippen LogP contribution in [0.2, 0.25) is 0 Å². The van der Waals surface area contributed by atoms with Crippen LogP contribution in [0.15, 0.2) is 0 Å². The first-order valence-corrected chi connectivity index (χ1v) is 7.11. The van der Waals surface area contributed by atoms with E-state index in [-0.39, 0.29) is 0 Å². The monoisotopic (exact) mass is 230 g/mol. The molecule has 0 aromatic heterocycles. The molecule has 3 heteroatoms. The van der Waals surface area contributed by atoms with E-state index in [0.29, 0.717) is 16.6 Å². The highest BCUT2D eigenvalue weighted by molar-refractivity contribution is 8.00. The third-order valence-electron chi connectivity index (χ3n) is 3.45. The molecule has 0 radical (unpaired) electrons. The molecular weight excluding hydrogens is 204 g/mol. The van der Waals surface area contributed by atoms with Gasteiger partial charge < -0.3 is 11.1 Å². The van der Waals surface area contributed by atoms with Gasteiger partial charge >= 0.3 is 0 Å². The van der Waals surface area contributed by atoms with E-state index in [1.54, 1.807) is 0 Å². The van der Waals surface area contributed by atoms with E-state index in [2.05, 4.69) is 37.8 Å². The van der Waals surface area contributed by atoms with E-state index in [0.717, 1.165) is 19.6 Å². The van der Waals surface area contributed by atoms with E-state index in [4.69, 9.17) is 5.73 Å². The Balaban J connectivity index is 2.19. The van der Waals surface area contributed by atoms with Gasteiger partial charge in [0.15, 0.2) is 0 Å². The Hall–Kier alpha value is 0.270. The van der Waals surface area contributed by atoms with Crippen LogP contribution in [0.25, 0.3) is 0 Å². The van der Waals surface area contributed by atoms with Crippen molar-refractivity contribution >= 4 is 11.8 Å². The molecule has 1 saturated heterocycles. The first-order valence-electron chi connectivity index (χ1n) is 6.12. The third kappa shape index (κ3) is 4.33. The minimum atomic E-state index is 0.482. The van der Waals surface area contributed by atoms with Gasteiger partial charge in [-0.15, -0.1) is 0 Å². The first kappa shape index (κ1) is 13.3. The number of hydrogen-bond donors (Lipinski definition) is 2. The third-order valence-corrected chi connectivity index (χ3v) is 4.99. The predicted octanol–water partition coefficient (Wildman–Crippen LogP) is 2.09. The van der Waals surface area contributed by atoms with Crippen LogP contribution in [0.3, 0.4) is 0 Å². The maximum Gasteiger partial charge on any atom is 0.0256 e. The lowest BCUT2D eigenvalue weighted by molar-refractivity contribution is 0.363. The van der Waals surface area contributed by atoms with E-state index in [1.807, 2.05) is 0 Å². The van der Waals surface area contributed by atoms with Crippen molar-refractivity contribution in [3.63, 3.8) is 0 Å². The quantitative estimate of drug-likeness (QED) is 0.734. The van der Waals surface area contributed by atoms with Crippen molar-refractivity contribution < 1.29 is 0 Å². The van der Waals surface area contributed by atoms with E-state index >= 15 is 0 Å². The maximum atomic E-state index is 5.76. The van der Waals surface area contributed by atoms with Gasteiger partial charge in [-0.1, -0.05) is 13.8 Å². The van der Waals surface area contributed by atoms with Crippen molar-refractivity contribution in [1.82, 2.24) is 5.32 Å². The van der Waals surface area contributed by atoms with Gasteiger partial charge in [-0.3, -0.25) is 0 Å². The molecule has 2 nitrogen and oxygen atoms in total. The van der Waals surface area contributed by atoms with Crippen molar-refractivity contribution in [2.24, 2.45) is 17.6 Å². The SMILES string of the molecule is CC(C)C(CN)CNCC1(C)CCCS1. The van der Waals surface area contributed by atoms with Gasteiger partial charge in [-0.2, -0.15) is 11.8 Å². The van der Waals surface area contributed by atoms with E-state index in [1.165, 1.54) is 18.6 Å². The van der Waals surface area contributed by atoms with Crippen LogP contribution in [-0.4, -0.2) is 30.1 Å². The molecule has 15 heavy (non-hydrogen) atoms. The number of rotatable bonds is 6. The van der Waals surface area contributed by atoms with E-state index < -0.39 is 0 Å². The molecule has 1 aliphatic heterocycles. The van der Waals surface area contributed by atoms with E-state index in [9.17, 15) is 0 Å². The zero-order valence-corrected chi connectivity index (χ0v) is 11.2. The Morgan fingerprint density at radius 2 is 2.20 bits per heavy atom. The summed E-state index contributed by atoms with van der Waals surface area (Å²) in [7, 11) is 0. The Bertz CT molecular complexity index is 176. The molecule has 0 amide bonds. The standard InChI is InChI=1S/C12H26N2S/c1-10(2)11(7-13)8-14-9-12(3)5-4-6-15-12/h10-11,14H,4-9,13H2,1-3H3. The summed E-state index contributed by atoms with van der Waals surface area (Å²) in [6.45, 7) is 9.90. The van der Waals surface area contributed by atoms with Crippen LogP contribution in [0, 0.1) is 11.8 Å². The number of thioether (sulfide) groups is 1. The summed E-state index contributed by atoms with van der Waals surface area (Å²) in [6, 6.07) is 0. The molecule has 0 bridgehead atoms. The number of nitrogens with one attached hydrogen (secondary N) is 1. The molecule has 0 saturated carbocycles. The fraction of sp³-hybridized carbons (Fsp3) is 1.00. The van der Waals surface area contributed by atoms with Gasteiger partial charge in [0.2, 0.25) is 0 Å². The maximum absolute atomic E-state index is 5.76. The highest BCUT2D eigenvalue weighted by atomic mass is 32.2. The fourth-order valence-electron chi connectivity index (χ4n) is 2.09. The van der Waals surface area contributed by atoms with Crippen LogP contribution >= 0.6 is 11.8 Å². The molecule has 0 aromatic rings. The first-order chi connectivity index (χ1) is 7.07. The minimum Gasteiger partial charge on any atom is -0.330 e. The normalized spacial score (nSPS) is 28.6. The second-order valence-electron chi connectivity index (χ2n) is 5.27. The number of nitrogens with two attached hydrogens (primary N) is 1. The summed E-state index contributed by atoms with van der Waals surface area (Å²) in [5.74, 6) is 2.65. The summed E-state index contributed by atoms with van der Waals surface area (Å²) in [6.07, 6.45) is 2.74. The van der Waals surface area contributed by atoms with Gasteiger partial charge in [0.25, 0.3) is 0 Å². The lowest BCUT2D eigenvalue weighted by Crippen LogP contribution is -2.38. The Morgan fingerprint density at radius 3 is 2.67 bits per heavy atom. The average molecular weight is 230 g/mol. The molecule has 1 aliphatic rings. The van der Waals surface area contributed by atoms with Crippen LogP contribution in [-0.2, 0) is 0 Å². The van der Waals surface area contributed by atoms with Crippen LogP contribution in [0.5, 0.6) is 0 Å². The van der Waals surface area contributed by atoms with Crippen LogP contribution < -0.4 is 11.1 Å². The summed E-state index contributed by atoms with van der Waals surface area (Å²) in [4.78, 5) is 0. The summed E-state index contributed by atoms with van der Waals surface area (Å²) >= 11 is 2.12.